The molecule has 0 saturated carbocycles. The van der Waals surface area contributed by atoms with Crippen molar-refractivity contribution >= 4 is 5.69 Å². The Balaban J connectivity index is 2.28. The number of aryl methyl sites for hydroxylation is 1. The molecule has 1 aromatic heterocycles. The normalized spacial score (nSPS) is 9.31. The van der Waals surface area contributed by atoms with E-state index in [0.717, 1.165) is 22.6 Å². The minimum Gasteiger partial charge on any atom is -0.399 e. The number of hydrogen-bond donors (Lipinski definition) is 1. The highest BCUT2D eigenvalue weighted by molar-refractivity contribution is 5.48. The van der Waals surface area contributed by atoms with Crippen LogP contribution < -0.4 is 5.73 Å². The molecule has 0 fully saturated rings. The van der Waals surface area contributed by atoms with E-state index in [9.17, 15) is 0 Å². The zero-order chi connectivity index (χ0) is 11.4. The molecule has 2 nitrogen and oxygen atoms in total. The Morgan fingerprint density at radius 3 is 2.62 bits per heavy atom. The summed E-state index contributed by atoms with van der Waals surface area (Å²) in [4.78, 5) is 4.31. The molecule has 0 aliphatic rings. The molecule has 1 aromatic carbocycles. The van der Waals surface area contributed by atoms with Gasteiger partial charge in [-0.05, 0) is 43.2 Å². The third-order valence-corrected chi connectivity index (χ3v) is 2.11. The van der Waals surface area contributed by atoms with Gasteiger partial charge < -0.3 is 5.73 Å². The highest BCUT2D eigenvalue weighted by Crippen LogP contribution is 2.05. The lowest BCUT2D eigenvalue weighted by Gasteiger charge is -1.93. The van der Waals surface area contributed by atoms with Gasteiger partial charge in [0.2, 0.25) is 0 Å². The second-order valence-corrected chi connectivity index (χ2v) is 3.54. The van der Waals surface area contributed by atoms with Gasteiger partial charge >= 0.3 is 0 Å². The molecule has 2 rings (SSSR count). The van der Waals surface area contributed by atoms with Crippen LogP contribution >= 0.6 is 0 Å². The van der Waals surface area contributed by atoms with E-state index in [-0.39, 0.29) is 0 Å². The van der Waals surface area contributed by atoms with Crippen LogP contribution in [0.2, 0.25) is 0 Å². The molecule has 1 heterocycles. The van der Waals surface area contributed by atoms with Gasteiger partial charge in [0.05, 0.1) is 0 Å². The molecule has 0 spiro atoms. The quantitative estimate of drug-likeness (QED) is 0.533. The molecule has 0 atom stereocenters. The van der Waals surface area contributed by atoms with Gasteiger partial charge in [0.15, 0.2) is 0 Å². The van der Waals surface area contributed by atoms with Crippen molar-refractivity contribution in [1.82, 2.24) is 4.98 Å². The Bertz CT molecular complexity index is 513. The maximum absolute atomic E-state index is 5.67. The van der Waals surface area contributed by atoms with Crippen molar-refractivity contribution in [3.05, 3.63) is 59.4 Å². The summed E-state index contributed by atoms with van der Waals surface area (Å²) in [5, 5.41) is 0. The second-order valence-electron chi connectivity index (χ2n) is 3.54. The molecule has 0 radical (unpaired) electrons. The summed E-state index contributed by atoms with van der Waals surface area (Å²) in [5.41, 5.74) is 9.05. The predicted molar refractivity (Wildman–Crippen MR) is 65.8 cm³/mol. The third kappa shape index (κ3) is 2.61. The number of benzene rings is 1. The fourth-order valence-electron chi connectivity index (χ4n) is 1.37. The van der Waals surface area contributed by atoms with E-state index in [2.05, 4.69) is 16.8 Å². The molecule has 16 heavy (non-hydrogen) atoms. The number of hydrogen-bond acceptors (Lipinski definition) is 2. The van der Waals surface area contributed by atoms with Crippen LogP contribution in [-0.4, -0.2) is 4.98 Å². The standard InChI is InChI=1S/C14H12N2/c1-11-4-2-7-14(16-11)9-8-12-5-3-6-13(15)10-12/h2-7,10H,15H2,1H3. The molecule has 0 bridgehead atoms. The maximum Gasteiger partial charge on any atom is 0.113 e. The first-order chi connectivity index (χ1) is 7.74. The molecular formula is C14H12N2. The van der Waals surface area contributed by atoms with Crippen molar-refractivity contribution in [2.75, 3.05) is 5.73 Å². The largest absolute Gasteiger partial charge is 0.399 e. The predicted octanol–water partition coefficient (Wildman–Crippen LogP) is 2.37. The van der Waals surface area contributed by atoms with E-state index in [1.165, 1.54) is 0 Å². The lowest BCUT2D eigenvalue weighted by atomic mass is 10.2. The third-order valence-electron chi connectivity index (χ3n) is 2.11. The fraction of sp³-hybridized carbons (Fsp3) is 0.0714. The molecule has 2 heteroatoms. The average Bonchev–Trinajstić information content (AvgIpc) is 2.27. The van der Waals surface area contributed by atoms with Crippen molar-refractivity contribution < 1.29 is 0 Å². The zero-order valence-corrected chi connectivity index (χ0v) is 9.07. The van der Waals surface area contributed by atoms with Gasteiger partial charge in [0.25, 0.3) is 0 Å². The fourth-order valence-corrected chi connectivity index (χ4v) is 1.37. The number of nitrogens with zero attached hydrogens (tertiary/aromatic N) is 1. The van der Waals surface area contributed by atoms with Crippen molar-refractivity contribution in [3.8, 4) is 11.8 Å². The molecule has 78 valence electrons. The highest BCUT2D eigenvalue weighted by Gasteiger charge is 1.90. The average molecular weight is 208 g/mol. The Morgan fingerprint density at radius 1 is 1.06 bits per heavy atom. The Kier molecular flexibility index (Phi) is 2.88. The number of nitrogens with two attached hydrogens (primary N) is 1. The lowest BCUT2D eigenvalue weighted by Crippen LogP contribution is -1.86. The summed E-state index contributed by atoms with van der Waals surface area (Å²) in [6.07, 6.45) is 0. The molecule has 0 aliphatic carbocycles. The molecule has 0 unspecified atom stereocenters. The van der Waals surface area contributed by atoms with Gasteiger partial charge in [-0.1, -0.05) is 18.1 Å². The monoisotopic (exact) mass is 208 g/mol. The van der Waals surface area contributed by atoms with E-state index in [1.54, 1.807) is 0 Å². The Labute approximate surface area is 95.1 Å². The van der Waals surface area contributed by atoms with Gasteiger partial charge in [-0.2, -0.15) is 0 Å². The molecule has 0 amide bonds. The summed E-state index contributed by atoms with van der Waals surface area (Å²) in [6.45, 7) is 1.95. The number of rotatable bonds is 0. The minimum absolute atomic E-state index is 0.726. The van der Waals surface area contributed by atoms with E-state index in [4.69, 9.17) is 5.73 Å². The molecule has 0 saturated heterocycles. The first-order valence-electron chi connectivity index (χ1n) is 5.05. The lowest BCUT2D eigenvalue weighted by molar-refractivity contribution is 1.18. The summed E-state index contributed by atoms with van der Waals surface area (Å²) < 4.78 is 0. The van der Waals surface area contributed by atoms with Crippen LogP contribution in [0.1, 0.15) is 17.0 Å². The Morgan fingerprint density at radius 2 is 1.88 bits per heavy atom. The van der Waals surface area contributed by atoms with E-state index in [1.807, 2.05) is 49.4 Å². The number of nitrogen functional groups attached to an aromatic ring is 1. The first kappa shape index (κ1) is 10.3. The summed E-state index contributed by atoms with van der Waals surface area (Å²) >= 11 is 0. The van der Waals surface area contributed by atoms with Crippen LogP contribution in [0.4, 0.5) is 5.69 Å². The Hall–Kier alpha value is -2.27. The van der Waals surface area contributed by atoms with Crippen molar-refractivity contribution in [3.63, 3.8) is 0 Å². The van der Waals surface area contributed by atoms with Gasteiger partial charge in [-0.25, -0.2) is 4.98 Å². The summed E-state index contributed by atoms with van der Waals surface area (Å²) in [5.74, 6) is 6.05. The smallest absolute Gasteiger partial charge is 0.113 e. The van der Waals surface area contributed by atoms with E-state index in [0.29, 0.717) is 0 Å². The van der Waals surface area contributed by atoms with Crippen molar-refractivity contribution in [2.45, 2.75) is 6.92 Å². The first-order valence-corrected chi connectivity index (χ1v) is 5.05. The van der Waals surface area contributed by atoms with Crippen molar-refractivity contribution in [2.24, 2.45) is 0 Å². The molecule has 0 aliphatic heterocycles. The van der Waals surface area contributed by atoms with Crippen LogP contribution in [0.15, 0.2) is 42.5 Å². The highest BCUT2D eigenvalue weighted by atomic mass is 14.7. The topological polar surface area (TPSA) is 38.9 Å². The molecule has 2 aromatic rings. The van der Waals surface area contributed by atoms with Crippen molar-refractivity contribution in [1.29, 1.82) is 0 Å². The molecule has 2 N–H and O–H groups in total. The van der Waals surface area contributed by atoms with Gasteiger partial charge in [-0.15, -0.1) is 0 Å². The van der Waals surface area contributed by atoms with Gasteiger partial charge in [0.1, 0.15) is 5.69 Å². The van der Waals surface area contributed by atoms with Gasteiger partial charge in [-0.3, -0.25) is 0 Å². The van der Waals surface area contributed by atoms with Crippen LogP contribution in [0, 0.1) is 18.8 Å². The van der Waals surface area contributed by atoms with Gasteiger partial charge in [0, 0.05) is 16.9 Å². The van der Waals surface area contributed by atoms with Crippen LogP contribution in [0.5, 0.6) is 0 Å². The second kappa shape index (κ2) is 4.50. The number of anilines is 1. The van der Waals surface area contributed by atoms with Crippen LogP contribution in [0.25, 0.3) is 0 Å². The van der Waals surface area contributed by atoms with E-state index < -0.39 is 0 Å². The zero-order valence-electron chi connectivity index (χ0n) is 9.07. The number of aromatic nitrogens is 1. The van der Waals surface area contributed by atoms with Crippen LogP contribution in [0.3, 0.4) is 0 Å². The summed E-state index contributed by atoms with van der Waals surface area (Å²) in [6, 6.07) is 13.3. The number of pyridine rings is 1. The maximum atomic E-state index is 5.67. The van der Waals surface area contributed by atoms with Crippen LogP contribution in [-0.2, 0) is 0 Å². The SMILES string of the molecule is Cc1cccc(C#Cc2cccc(N)c2)n1. The van der Waals surface area contributed by atoms with E-state index >= 15 is 0 Å². The summed E-state index contributed by atoms with van der Waals surface area (Å²) in [7, 11) is 0. The minimum atomic E-state index is 0.726. The molecular weight excluding hydrogens is 196 g/mol.